The number of aryl methyl sites for hydroxylation is 1. The summed E-state index contributed by atoms with van der Waals surface area (Å²) in [5, 5.41) is 1.30. The molecule has 0 bridgehead atoms. The van der Waals surface area contributed by atoms with Crippen LogP contribution >= 0.6 is 0 Å². The molecule has 1 atom stereocenters. The molecular formula is C19H25NO2. The highest BCUT2D eigenvalue weighted by molar-refractivity contribution is 5.88. The van der Waals surface area contributed by atoms with E-state index in [9.17, 15) is 4.79 Å². The average molecular weight is 299 g/mol. The monoisotopic (exact) mass is 299 g/mol. The highest BCUT2D eigenvalue weighted by Gasteiger charge is 2.28. The van der Waals surface area contributed by atoms with Gasteiger partial charge in [-0.2, -0.15) is 0 Å². The Hall–Kier alpha value is -1.77. The van der Waals surface area contributed by atoms with Crippen molar-refractivity contribution in [1.29, 1.82) is 0 Å². The minimum Gasteiger partial charge on any atom is -0.458 e. The van der Waals surface area contributed by atoms with E-state index >= 15 is 0 Å². The number of hydrogen-bond acceptors (Lipinski definition) is 2. The number of carbonyl (C=O) groups is 1. The van der Waals surface area contributed by atoms with E-state index in [-0.39, 0.29) is 12.0 Å². The predicted molar refractivity (Wildman–Crippen MR) is 89.1 cm³/mol. The number of nitrogens with zero attached hydrogens (tertiary/aromatic N) is 1. The highest BCUT2D eigenvalue weighted by atomic mass is 16.6. The van der Waals surface area contributed by atoms with E-state index in [4.69, 9.17) is 4.74 Å². The summed E-state index contributed by atoms with van der Waals surface area (Å²) in [6.45, 7) is 7.71. The maximum absolute atomic E-state index is 12.5. The fourth-order valence-corrected chi connectivity index (χ4v) is 3.46. The minimum absolute atomic E-state index is 0.151. The third-order valence-electron chi connectivity index (χ3n) is 4.35. The van der Waals surface area contributed by atoms with E-state index in [1.165, 1.54) is 29.5 Å². The van der Waals surface area contributed by atoms with Crippen LogP contribution in [0.1, 0.15) is 57.8 Å². The molecule has 0 aliphatic heterocycles. The molecule has 3 heteroatoms. The molecule has 0 N–H and O–H groups in total. The Balaban J connectivity index is 2.08. The number of rotatable bonds is 2. The van der Waals surface area contributed by atoms with E-state index in [0.29, 0.717) is 0 Å². The molecule has 0 fully saturated rings. The molecule has 0 unspecified atom stereocenters. The van der Waals surface area contributed by atoms with Gasteiger partial charge in [0.2, 0.25) is 0 Å². The Kier molecular flexibility index (Phi) is 3.75. The number of hydrogen-bond donors (Lipinski definition) is 0. The summed E-state index contributed by atoms with van der Waals surface area (Å²) in [6.07, 6.45) is 4.60. The van der Waals surface area contributed by atoms with Crippen LogP contribution in [-0.4, -0.2) is 16.1 Å². The summed E-state index contributed by atoms with van der Waals surface area (Å²) < 4.78 is 7.81. The smallest absolute Gasteiger partial charge is 0.329 e. The summed E-state index contributed by atoms with van der Waals surface area (Å²) in [5.74, 6) is -0.151. The molecule has 0 amide bonds. The zero-order chi connectivity index (χ0) is 15.9. The summed E-state index contributed by atoms with van der Waals surface area (Å²) >= 11 is 0. The number of esters is 1. The number of carbonyl (C=O) groups excluding carboxylic acids is 1. The molecule has 1 aliphatic rings. The average Bonchev–Trinajstić information content (AvgIpc) is 2.79. The molecule has 0 saturated carbocycles. The van der Waals surface area contributed by atoms with Crippen LogP contribution < -0.4 is 0 Å². The van der Waals surface area contributed by atoms with Crippen molar-refractivity contribution in [3.05, 3.63) is 35.5 Å². The Morgan fingerprint density at radius 2 is 1.86 bits per heavy atom. The molecule has 2 aromatic rings. The molecule has 1 aromatic carbocycles. The summed E-state index contributed by atoms with van der Waals surface area (Å²) in [4.78, 5) is 12.5. The number of aromatic nitrogens is 1. The zero-order valence-electron chi connectivity index (χ0n) is 14.0. The van der Waals surface area contributed by atoms with Gasteiger partial charge in [-0.05, 0) is 65.0 Å². The quantitative estimate of drug-likeness (QED) is 0.768. The molecular weight excluding hydrogens is 274 g/mol. The molecule has 0 radical (unpaired) electrons. The van der Waals surface area contributed by atoms with Crippen molar-refractivity contribution in [3.63, 3.8) is 0 Å². The summed E-state index contributed by atoms with van der Waals surface area (Å²) in [6, 6.07) is 8.14. The van der Waals surface area contributed by atoms with E-state index in [1.807, 2.05) is 33.8 Å². The van der Waals surface area contributed by atoms with Crippen LogP contribution in [0.25, 0.3) is 10.9 Å². The van der Waals surface area contributed by atoms with Crippen molar-refractivity contribution in [1.82, 2.24) is 4.57 Å². The zero-order valence-corrected chi connectivity index (χ0v) is 14.0. The van der Waals surface area contributed by atoms with Gasteiger partial charge in [-0.15, -0.1) is 0 Å². The van der Waals surface area contributed by atoms with Gasteiger partial charge in [0, 0.05) is 16.6 Å². The van der Waals surface area contributed by atoms with Gasteiger partial charge < -0.3 is 9.30 Å². The molecule has 118 valence electrons. The van der Waals surface area contributed by atoms with Crippen LogP contribution in [0.5, 0.6) is 0 Å². The van der Waals surface area contributed by atoms with Crippen molar-refractivity contribution in [2.75, 3.05) is 0 Å². The van der Waals surface area contributed by atoms with Gasteiger partial charge in [-0.1, -0.05) is 18.2 Å². The maximum atomic E-state index is 12.5. The van der Waals surface area contributed by atoms with Gasteiger partial charge in [-0.25, -0.2) is 4.79 Å². The van der Waals surface area contributed by atoms with Crippen LogP contribution in [0.2, 0.25) is 0 Å². The predicted octanol–water partition coefficient (Wildman–Crippen LogP) is 4.42. The first-order valence-electron chi connectivity index (χ1n) is 8.22. The van der Waals surface area contributed by atoms with Crippen molar-refractivity contribution in [3.8, 4) is 0 Å². The number of benzene rings is 1. The molecule has 1 aliphatic carbocycles. The van der Waals surface area contributed by atoms with Crippen molar-refractivity contribution in [2.24, 2.45) is 0 Å². The molecule has 1 heterocycles. The molecule has 3 nitrogen and oxygen atoms in total. The van der Waals surface area contributed by atoms with Crippen LogP contribution in [0, 0.1) is 0 Å². The highest BCUT2D eigenvalue weighted by Crippen LogP contribution is 2.35. The van der Waals surface area contributed by atoms with E-state index < -0.39 is 5.60 Å². The van der Waals surface area contributed by atoms with Gasteiger partial charge in [0.05, 0.1) is 0 Å². The largest absolute Gasteiger partial charge is 0.458 e. The lowest BCUT2D eigenvalue weighted by molar-refractivity contribution is -0.158. The second kappa shape index (κ2) is 5.45. The van der Waals surface area contributed by atoms with Gasteiger partial charge in [0.25, 0.3) is 0 Å². The Morgan fingerprint density at radius 3 is 2.59 bits per heavy atom. The van der Waals surface area contributed by atoms with Crippen LogP contribution in [0.4, 0.5) is 0 Å². The van der Waals surface area contributed by atoms with E-state index in [1.54, 1.807) is 0 Å². The number of ether oxygens (including phenoxy) is 1. The minimum atomic E-state index is -0.450. The lowest BCUT2D eigenvalue weighted by Crippen LogP contribution is -2.29. The van der Waals surface area contributed by atoms with Crippen LogP contribution in [0.15, 0.2) is 24.3 Å². The van der Waals surface area contributed by atoms with Crippen LogP contribution in [-0.2, 0) is 22.4 Å². The molecule has 1 aromatic heterocycles. The van der Waals surface area contributed by atoms with E-state index in [0.717, 1.165) is 18.4 Å². The van der Waals surface area contributed by atoms with Crippen LogP contribution in [0.3, 0.4) is 0 Å². The first kappa shape index (κ1) is 15.1. The van der Waals surface area contributed by atoms with Crippen molar-refractivity contribution in [2.45, 2.75) is 65.0 Å². The van der Waals surface area contributed by atoms with Gasteiger partial charge in [0.1, 0.15) is 11.6 Å². The molecule has 0 saturated heterocycles. The third-order valence-corrected chi connectivity index (χ3v) is 4.35. The Labute approximate surface area is 132 Å². The first-order chi connectivity index (χ1) is 10.4. The second-order valence-electron chi connectivity index (χ2n) is 7.23. The normalized spacial score (nSPS) is 16.4. The molecule has 0 spiro atoms. The Bertz CT molecular complexity index is 706. The third kappa shape index (κ3) is 2.65. The second-order valence-corrected chi connectivity index (χ2v) is 7.23. The van der Waals surface area contributed by atoms with Crippen molar-refractivity contribution < 1.29 is 9.53 Å². The van der Waals surface area contributed by atoms with Crippen molar-refractivity contribution >= 4 is 16.9 Å². The summed E-state index contributed by atoms with van der Waals surface area (Å²) in [7, 11) is 0. The maximum Gasteiger partial charge on any atom is 0.329 e. The standard InChI is InChI=1S/C19H25NO2/c1-13(18(21)22-19(2,3)4)20-16-11-7-5-9-14(16)15-10-6-8-12-17(15)20/h5,7,9,11,13H,6,8,10,12H2,1-4H3/t13-/m1/s1. The topological polar surface area (TPSA) is 31.2 Å². The number of para-hydroxylation sites is 1. The lowest BCUT2D eigenvalue weighted by atomic mass is 9.95. The Morgan fingerprint density at radius 1 is 1.18 bits per heavy atom. The fourth-order valence-electron chi connectivity index (χ4n) is 3.46. The van der Waals surface area contributed by atoms with Gasteiger partial charge >= 0.3 is 5.97 Å². The SMILES string of the molecule is C[C@H](C(=O)OC(C)(C)C)n1c2c(c3ccccc31)CCCC2. The number of fused-ring (bicyclic) bond motifs is 3. The first-order valence-corrected chi connectivity index (χ1v) is 8.22. The van der Waals surface area contributed by atoms with Gasteiger partial charge in [0.15, 0.2) is 0 Å². The fraction of sp³-hybridized carbons (Fsp3) is 0.526. The summed E-state index contributed by atoms with van der Waals surface area (Å²) in [5.41, 5.74) is 3.46. The molecule has 22 heavy (non-hydrogen) atoms. The lowest BCUT2D eigenvalue weighted by Gasteiger charge is -2.25. The van der Waals surface area contributed by atoms with E-state index in [2.05, 4.69) is 22.8 Å². The van der Waals surface area contributed by atoms with Gasteiger partial charge in [-0.3, -0.25) is 0 Å². The molecule has 3 rings (SSSR count).